The first kappa shape index (κ1) is 20.1. The van der Waals surface area contributed by atoms with E-state index < -0.39 is 21.7 Å². The van der Waals surface area contributed by atoms with Crippen LogP contribution in [0.1, 0.15) is 17.3 Å². The van der Waals surface area contributed by atoms with Crippen molar-refractivity contribution in [2.24, 2.45) is 0 Å². The Morgan fingerprint density at radius 2 is 1.89 bits per heavy atom. The van der Waals surface area contributed by atoms with E-state index in [2.05, 4.69) is 10.0 Å². The first-order valence-corrected chi connectivity index (χ1v) is 10.6. The van der Waals surface area contributed by atoms with Crippen LogP contribution >= 0.6 is 0 Å². The van der Waals surface area contributed by atoms with Crippen LogP contribution in [0.4, 0.5) is 21.5 Å². The molecule has 2 N–H and O–H groups in total. The number of halogens is 1. The highest BCUT2D eigenvalue weighted by molar-refractivity contribution is 7.92. The summed E-state index contributed by atoms with van der Waals surface area (Å²) in [6.45, 7) is 3.80. The van der Waals surface area contributed by atoms with E-state index >= 15 is 0 Å². The molecule has 1 fully saturated rings. The number of amides is 1. The van der Waals surface area contributed by atoms with Crippen LogP contribution in [-0.2, 0) is 14.8 Å². The molecule has 0 unspecified atom stereocenters. The fourth-order valence-electron chi connectivity index (χ4n) is 2.85. The average molecular weight is 407 g/mol. The van der Waals surface area contributed by atoms with Crippen LogP contribution in [-0.4, -0.2) is 46.4 Å². The van der Waals surface area contributed by atoms with Crippen LogP contribution in [0.3, 0.4) is 0 Å². The van der Waals surface area contributed by atoms with Crippen molar-refractivity contribution in [1.82, 2.24) is 0 Å². The van der Waals surface area contributed by atoms with Gasteiger partial charge in [0.1, 0.15) is 5.82 Å². The Balaban J connectivity index is 1.77. The Labute approximate surface area is 163 Å². The topological polar surface area (TPSA) is 87.7 Å². The molecule has 2 aromatic carbocycles. The van der Waals surface area contributed by atoms with Crippen molar-refractivity contribution < 1.29 is 22.3 Å². The second-order valence-corrected chi connectivity index (χ2v) is 8.28. The summed E-state index contributed by atoms with van der Waals surface area (Å²) in [5.74, 6) is -1.09. The number of hydrogen-bond acceptors (Lipinski definition) is 5. The van der Waals surface area contributed by atoms with Gasteiger partial charge in [0.05, 0.1) is 35.9 Å². The number of rotatable bonds is 6. The first-order valence-electron chi connectivity index (χ1n) is 8.93. The zero-order valence-electron chi connectivity index (χ0n) is 15.4. The summed E-state index contributed by atoms with van der Waals surface area (Å²) in [6, 6.07) is 10.7. The molecule has 2 aromatic rings. The van der Waals surface area contributed by atoms with Gasteiger partial charge in [0.2, 0.25) is 10.0 Å². The lowest BCUT2D eigenvalue weighted by Gasteiger charge is -2.29. The lowest BCUT2D eigenvalue weighted by Crippen LogP contribution is -2.36. The predicted octanol–water partition coefficient (Wildman–Crippen LogP) is 2.68. The third-order valence-corrected chi connectivity index (χ3v) is 5.67. The molecule has 0 bridgehead atoms. The Bertz CT molecular complexity index is 959. The molecule has 1 aliphatic heterocycles. The number of carbonyl (C=O) groups excluding carboxylic acids is 1. The summed E-state index contributed by atoms with van der Waals surface area (Å²) >= 11 is 0. The van der Waals surface area contributed by atoms with Crippen LogP contribution in [0.2, 0.25) is 0 Å². The summed E-state index contributed by atoms with van der Waals surface area (Å²) in [7, 11) is -3.53. The standard InChI is InChI=1S/C19H22FN3O4S/c1-2-28(25,26)22-17-6-4-3-5-15(17)19(24)21-14-7-8-18(16(20)13-14)23-9-11-27-12-10-23/h3-8,13,22H,2,9-12H2,1H3,(H,21,24). The molecule has 0 aromatic heterocycles. The normalized spacial score (nSPS) is 14.6. The number of sulfonamides is 1. The van der Waals surface area contributed by atoms with E-state index in [1.807, 2.05) is 4.90 Å². The Kier molecular flexibility index (Phi) is 6.15. The van der Waals surface area contributed by atoms with Crippen molar-refractivity contribution in [2.45, 2.75) is 6.92 Å². The Hall–Kier alpha value is -2.65. The third kappa shape index (κ3) is 4.79. The van der Waals surface area contributed by atoms with Crippen molar-refractivity contribution in [1.29, 1.82) is 0 Å². The van der Waals surface area contributed by atoms with Crippen molar-refractivity contribution in [3.8, 4) is 0 Å². The fraction of sp³-hybridized carbons (Fsp3) is 0.316. The van der Waals surface area contributed by atoms with Gasteiger partial charge in [-0.1, -0.05) is 12.1 Å². The molecular formula is C19H22FN3O4S. The van der Waals surface area contributed by atoms with E-state index in [4.69, 9.17) is 4.74 Å². The summed E-state index contributed by atoms with van der Waals surface area (Å²) in [6.07, 6.45) is 0. The minimum atomic E-state index is -3.53. The monoisotopic (exact) mass is 407 g/mol. The van der Waals surface area contributed by atoms with Gasteiger partial charge in [0, 0.05) is 18.8 Å². The van der Waals surface area contributed by atoms with Crippen LogP contribution in [0, 0.1) is 5.82 Å². The molecule has 7 nitrogen and oxygen atoms in total. The fourth-order valence-corrected chi connectivity index (χ4v) is 3.51. The van der Waals surface area contributed by atoms with E-state index in [1.165, 1.54) is 25.1 Å². The second-order valence-electron chi connectivity index (χ2n) is 6.27. The SMILES string of the molecule is CCS(=O)(=O)Nc1ccccc1C(=O)Nc1ccc(N2CCOCC2)c(F)c1. The minimum absolute atomic E-state index is 0.114. The number of nitrogens with one attached hydrogen (secondary N) is 2. The number of carbonyl (C=O) groups is 1. The zero-order chi connectivity index (χ0) is 20.1. The maximum atomic E-state index is 14.5. The number of ether oxygens (including phenoxy) is 1. The first-order chi connectivity index (χ1) is 13.4. The molecule has 0 atom stereocenters. The van der Waals surface area contributed by atoms with E-state index in [-0.39, 0.29) is 22.7 Å². The van der Waals surface area contributed by atoms with E-state index in [1.54, 1.807) is 24.3 Å². The Morgan fingerprint density at radius 3 is 2.57 bits per heavy atom. The quantitative estimate of drug-likeness (QED) is 0.769. The zero-order valence-corrected chi connectivity index (χ0v) is 16.3. The molecule has 28 heavy (non-hydrogen) atoms. The molecule has 0 aliphatic carbocycles. The van der Waals surface area contributed by atoms with E-state index in [0.29, 0.717) is 32.0 Å². The lowest BCUT2D eigenvalue weighted by atomic mass is 10.1. The van der Waals surface area contributed by atoms with Gasteiger partial charge in [0.25, 0.3) is 5.91 Å². The Morgan fingerprint density at radius 1 is 1.18 bits per heavy atom. The number of morpholine rings is 1. The molecule has 150 valence electrons. The number of benzene rings is 2. The summed E-state index contributed by atoms with van der Waals surface area (Å²) < 4.78 is 45.8. The molecule has 0 spiro atoms. The van der Waals surface area contributed by atoms with Gasteiger partial charge < -0.3 is 15.0 Å². The van der Waals surface area contributed by atoms with Gasteiger partial charge in [-0.15, -0.1) is 0 Å². The van der Waals surface area contributed by atoms with Crippen molar-refractivity contribution in [2.75, 3.05) is 47.0 Å². The summed E-state index contributed by atoms with van der Waals surface area (Å²) in [4.78, 5) is 14.5. The highest BCUT2D eigenvalue weighted by atomic mass is 32.2. The predicted molar refractivity (Wildman–Crippen MR) is 107 cm³/mol. The molecular weight excluding hydrogens is 385 g/mol. The van der Waals surface area contributed by atoms with E-state index in [9.17, 15) is 17.6 Å². The van der Waals surface area contributed by atoms with Gasteiger partial charge in [0.15, 0.2) is 0 Å². The van der Waals surface area contributed by atoms with Gasteiger partial charge in [-0.05, 0) is 37.3 Å². The van der Waals surface area contributed by atoms with Gasteiger partial charge >= 0.3 is 0 Å². The van der Waals surface area contributed by atoms with Crippen LogP contribution in [0.25, 0.3) is 0 Å². The molecule has 1 aliphatic rings. The molecule has 9 heteroatoms. The van der Waals surface area contributed by atoms with Crippen LogP contribution < -0.4 is 14.9 Å². The minimum Gasteiger partial charge on any atom is -0.378 e. The molecule has 0 saturated carbocycles. The van der Waals surface area contributed by atoms with Crippen molar-refractivity contribution >= 4 is 33.0 Å². The third-order valence-electron chi connectivity index (χ3n) is 4.37. The smallest absolute Gasteiger partial charge is 0.257 e. The summed E-state index contributed by atoms with van der Waals surface area (Å²) in [5, 5.41) is 2.62. The van der Waals surface area contributed by atoms with Crippen molar-refractivity contribution in [3.63, 3.8) is 0 Å². The number of anilines is 3. The number of hydrogen-bond donors (Lipinski definition) is 2. The lowest BCUT2D eigenvalue weighted by molar-refractivity contribution is 0.102. The maximum absolute atomic E-state index is 14.5. The number of para-hydroxylation sites is 1. The van der Waals surface area contributed by atoms with Crippen LogP contribution in [0.5, 0.6) is 0 Å². The molecule has 1 heterocycles. The molecule has 3 rings (SSSR count). The second kappa shape index (κ2) is 8.57. The van der Waals surface area contributed by atoms with E-state index in [0.717, 1.165) is 0 Å². The highest BCUT2D eigenvalue weighted by Crippen LogP contribution is 2.25. The molecule has 1 amide bonds. The average Bonchev–Trinajstić information content (AvgIpc) is 2.69. The highest BCUT2D eigenvalue weighted by Gasteiger charge is 2.18. The summed E-state index contributed by atoms with van der Waals surface area (Å²) in [5.41, 5.74) is 1.06. The maximum Gasteiger partial charge on any atom is 0.257 e. The van der Waals surface area contributed by atoms with Crippen molar-refractivity contribution in [3.05, 3.63) is 53.8 Å². The van der Waals surface area contributed by atoms with Crippen LogP contribution in [0.15, 0.2) is 42.5 Å². The van der Waals surface area contributed by atoms with Gasteiger partial charge in [-0.25, -0.2) is 12.8 Å². The largest absolute Gasteiger partial charge is 0.378 e. The molecule has 1 saturated heterocycles. The van der Waals surface area contributed by atoms with Gasteiger partial charge in [-0.3, -0.25) is 9.52 Å². The molecule has 0 radical (unpaired) electrons. The number of nitrogens with zero attached hydrogens (tertiary/aromatic N) is 1. The van der Waals surface area contributed by atoms with Gasteiger partial charge in [-0.2, -0.15) is 0 Å².